The van der Waals surface area contributed by atoms with E-state index in [4.69, 9.17) is 5.11 Å². The van der Waals surface area contributed by atoms with Crippen molar-refractivity contribution in [3.63, 3.8) is 0 Å². The molecule has 1 rings (SSSR count). The van der Waals surface area contributed by atoms with E-state index in [1.54, 1.807) is 0 Å². The van der Waals surface area contributed by atoms with Crippen LogP contribution in [0.25, 0.3) is 0 Å². The molecule has 0 amide bonds. The number of rotatable bonds is 17. The molecule has 0 spiro atoms. The van der Waals surface area contributed by atoms with Gasteiger partial charge in [0.2, 0.25) is 0 Å². The summed E-state index contributed by atoms with van der Waals surface area (Å²) >= 11 is 0. The van der Waals surface area contributed by atoms with E-state index in [1.807, 2.05) is 0 Å². The van der Waals surface area contributed by atoms with Gasteiger partial charge in [0, 0.05) is 6.42 Å². The van der Waals surface area contributed by atoms with E-state index in [0.717, 1.165) is 12.8 Å². The van der Waals surface area contributed by atoms with Gasteiger partial charge in [0.25, 0.3) is 0 Å². The average molecular weight is 477 g/mol. The first-order valence-corrected chi connectivity index (χ1v) is 12.6. The van der Waals surface area contributed by atoms with Gasteiger partial charge < -0.3 is 14.6 Å². The van der Waals surface area contributed by atoms with Crippen LogP contribution in [-0.2, 0) is 14.3 Å². The molecule has 0 radical (unpaired) electrons. The molecular formula is C28H44O6. The highest BCUT2D eigenvalue weighted by Crippen LogP contribution is 2.10. The van der Waals surface area contributed by atoms with E-state index in [0.29, 0.717) is 17.5 Å². The topological polar surface area (TPSA) is 89.9 Å². The second kappa shape index (κ2) is 22.2. The Morgan fingerprint density at radius 2 is 1.06 bits per heavy atom. The van der Waals surface area contributed by atoms with E-state index in [-0.39, 0.29) is 0 Å². The molecular weight excluding hydrogens is 432 g/mol. The van der Waals surface area contributed by atoms with Crippen LogP contribution < -0.4 is 0 Å². The van der Waals surface area contributed by atoms with Crippen molar-refractivity contribution >= 4 is 17.9 Å². The number of benzene rings is 1. The number of esters is 2. The maximum Gasteiger partial charge on any atom is 0.337 e. The monoisotopic (exact) mass is 476 g/mol. The zero-order valence-corrected chi connectivity index (χ0v) is 21.4. The van der Waals surface area contributed by atoms with Crippen LogP contribution in [0.15, 0.2) is 36.4 Å². The fraction of sp³-hybridized carbons (Fsp3) is 0.607. The van der Waals surface area contributed by atoms with Gasteiger partial charge >= 0.3 is 17.9 Å². The molecule has 0 bridgehead atoms. The minimum absolute atomic E-state index is 0.332. The van der Waals surface area contributed by atoms with Crippen LogP contribution in [0.1, 0.15) is 118 Å². The minimum Gasteiger partial charge on any atom is -0.481 e. The molecule has 0 atom stereocenters. The molecule has 0 heterocycles. The number of ether oxygens (including phenoxy) is 2. The normalized spacial score (nSPS) is 10.4. The Hall–Kier alpha value is -2.63. The summed E-state index contributed by atoms with van der Waals surface area (Å²) in [5.41, 5.74) is 0.806. The summed E-state index contributed by atoms with van der Waals surface area (Å²) in [5, 5.41) is 8.51. The van der Waals surface area contributed by atoms with Gasteiger partial charge in [-0.2, -0.15) is 0 Å². The molecule has 1 aromatic carbocycles. The number of carboxylic acid groups (broad SMARTS) is 1. The van der Waals surface area contributed by atoms with Crippen molar-refractivity contribution < 1.29 is 29.0 Å². The van der Waals surface area contributed by atoms with Crippen molar-refractivity contribution in [2.45, 2.75) is 96.8 Å². The summed E-state index contributed by atoms with van der Waals surface area (Å²) in [7, 11) is 2.60. The predicted molar refractivity (Wildman–Crippen MR) is 136 cm³/mol. The molecule has 6 nitrogen and oxygen atoms in total. The lowest BCUT2D eigenvalue weighted by Crippen LogP contribution is -2.04. The van der Waals surface area contributed by atoms with Gasteiger partial charge in [-0.05, 0) is 56.4 Å². The summed E-state index contributed by atoms with van der Waals surface area (Å²) in [4.78, 5) is 32.4. The highest BCUT2D eigenvalue weighted by atomic mass is 16.5. The SMILES string of the molecule is CCCCCCCCC=CCCCCCCCC(=O)O.COC(=O)c1ccc(C(=O)OC)cc1. The average Bonchev–Trinajstić information content (AvgIpc) is 2.85. The number of methoxy groups -OCH3 is 2. The van der Waals surface area contributed by atoms with Gasteiger partial charge in [-0.1, -0.05) is 70.4 Å². The van der Waals surface area contributed by atoms with Crippen LogP contribution in [0.3, 0.4) is 0 Å². The van der Waals surface area contributed by atoms with Crippen LogP contribution in [-0.4, -0.2) is 37.2 Å². The van der Waals surface area contributed by atoms with Crippen molar-refractivity contribution in [1.29, 1.82) is 0 Å². The van der Waals surface area contributed by atoms with E-state index in [2.05, 4.69) is 28.5 Å². The van der Waals surface area contributed by atoms with Crippen molar-refractivity contribution in [3.8, 4) is 0 Å². The molecule has 0 aromatic heterocycles. The number of aliphatic carboxylic acids is 1. The number of allylic oxidation sites excluding steroid dienone is 2. The summed E-state index contributed by atoms with van der Waals surface area (Å²) in [5.74, 6) is -1.52. The molecule has 6 heteroatoms. The first-order valence-electron chi connectivity index (χ1n) is 12.6. The third-order valence-corrected chi connectivity index (χ3v) is 5.38. The molecule has 34 heavy (non-hydrogen) atoms. The Morgan fingerprint density at radius 1 is 0.676 bits per heavy atom. The lowest BCUT2D eigenvalue weighted by Gasteiger charge is -2.00. The van der Waals surface area contributed by atoms with Gasteiger partial charge in [0.05, 0.1) is 25.3 Å². The van der Waals surface area contributed by atoms with E-state index in [1.165, 1.54) is 109 Å². The van der Waals surface area contributed by atoms with Gasteiger partial charge in [0.15, 0.2) is 0 Å². The molecule has 0 unspecified atom stereocenters. The van der Waals surface area contributed by atoms with Gasteiger partial charge in [-0.25, -0.2) is 9.59 Å². The number of hydrogen-bond donors (Lipinski definition) is 1. The highest BCUT2D eigenvalue weighted by Gasteiger charge is 2.08. The zero-order valence-electron chi connectivity index (χ0n) is 21.4. The van der Waals surface area contributed by atoms with E-state index >= 15 is 0 Å². The van der Waals surface area contributed by atoms with Crippen LogP contribution in [0, 0.1) is 0 Å². The smallest absolute Gasteiger partial charge is 0.337 e. The van der Waals surface area contributed by atoms with E-state index in [9.17, 15) is 14.4 Å². The molecule has 0 saturated heterocycles. The van der Waals surface area contributed by atoms with Gasteiger partial charge in [0.1, 0.15) is 0 Å². The minimum atomic E-state index is -0.664. The largest absolute Gasteiger partial charge is 0.481 e. The molecule has 0 saturated carbocycles. The lowest BCUT2D eigenvalue weighted by molar-refractivity contribution is -0.137. The molecule has 0 aliphatic carbocycles. The lowest BCUT2D eigenvalue weighted by atomic mass is 10.1. The number of unbranched alkanes of at least 4 members (excludes halogenated alkanes) is 11. The predicted octanol–water partition coefficient (Wildman–Crippen LogP) is 7.37. The van der Waals surface area contributed by atoms with Crippen LogP contribution in [0.2, 0.25) is 0 Å². The molecule has 192 valence electrons. The van der Waals surface area contributed by atoms with Crippen LogP contribution >= 0.6 is 0 Å². The van der Waals surface area contributed by atoms with Crippen molar-refractivity contribution in [1.82, 2.24) is 0 Å². The van der Waals surface area contributed by atoms with Crippen molar-refractivity contribution in [2.24, 2.45) is 0 Å². The molecule has 0 fully saturated rings. The maximum absolute atomic E-state index is 11.0. The van der Waals surface area contributed by atoms with Crippen LogP contribution in [0.4, 0.5) is 0 Å². The van der Waals surface area contributed by atoms with Crippen LogP contribution in [0.5, 0.6) is 0 Å². The third-order valence-electron chi connectivity index (χ3n) is 5.38. The Bertz CT molecular complexity index is 658. The van der Waals surface area contributed by atoms with E-state index < -0.39 is 17.9 Å². The molecule has 0 aliphatic heterocycles. The Balaban J connectivity index is 0.000000679. The maximum atomic E-state index is 11.0. The Morgan fingerprint density at radius 3 is 1.44 bits per heavy atom. The van der Waals surface area contributed by atoms with Crippen molar-refractivity contribution in [2.75, 3.05) is 14.2 Å². The highest BCUT2D eigenvalue weighted by molar-refractivity contribution is 5.93. The second-order valence-corrected chi connectivity index (χ2v) is 8.29. The third kappa shape index (κ3) is 17.9. The molecule has 1 N–H and O–H groups in total. The Kier molecular flexibility index (Phi) is 20.5. The van der Waals surface area contributed by atoms with Gasteiger partial charge in [-0.3, -0.25) is 4.79 Å². The first kappa shape index (κ1) is 31.4. The standard InChI is InChI=1S/C18H34O2.C10H10O4/c1-2-3-4-5-6-7-8-9-10-11-12-13-14-15-16-17-18(19)20;1-13-9(11)7-3-5-8(6-4-7)10(12)14-2/h9-10H,2-8,11-17H2,1H3,(H,19,20);3-6H,1-2H3. The molecule has 0 aliphatic rings. The molecule has 1 aromatic rings. The Labute approximate surface area is 205 Å². The summed E-state index contributed by atoms with van der Waals surface area (Å²) in [6.07, 6.45) is 21.2. The zero-order chi connectivity index (χ0) is 25.4. The number of hydrogen-bond acceptors (Lipinski definition) is 5. The number of carbonyl (C=O) groups is 3. The number of carboxylic acids is 1. The summed E-state index contributed by atoms with van der Waals surface area (Å²) < 4.78 is 9.02. The summed E-state index contributed by atoms with van der Waals surface area (Å²) in [6.45, 7) is 2.26. The first-order chi connectivity index (χ1) is 16.5. The quantitative estimate of drug-likeness (QED) is 0.143. The fourth-order valence-electron chi connectivity index (χ4n) is 3.33. The second-order valence-electron chi connectivity index (χ2n) is 8.29. The van der Waals surface area contributed by atoms with Gasteiger partial charge in [-0.15, -0.1) is 0 Å². The fourth-order valence-corrected chi connectivity index (χ4v) is 3.33. The van der Waals surface area contributed by atoms with Crippen molar-refractivity contribution in [3.05, 3.63) is 47.5 Å². The number of carbonyl (C=O) groups excluding carboxylic acids is 2. The summed E-state index contributed by atoms with van der Waals surface area (Å²) in [6, 6.07) is 6.05.